The van der Waals surface area contributed by atoms with Crippen molar-refractivity contribution < 1.29 is 9.84 Å². The Morgan fingerprint density at radius 1 is 1.36 bits per heavy atom. The van der Waals surface area contributed by atoms with Gasteiger partial charge in [-0.15, -0.1) is 0 Å². The number of H-pyrrole nitrogens is 2. The van der Waals surface area contributed by atoms with Gasteiger partial charge < -0.3 is 14.8 Å². The van der Waals surface area contributed by atoms with E-state index in [2.05, 4.69) is 9.97 Å². The largest absolute Gasteiger partial charge is 0.503 e. The number of rotatable bonds is 5. The number of halogens is 1. The molecule has 3 N–H and O–H groups in total. The van der Waals surface area contributed by atoms with Crippen molar-refractivity contribution >= 4 is 23.8 Å². The van der Waals surface area contributed by atoms with Gasteiger partial charge in [0.15, 0.2) is 16.3 Å². The van der Waals surface area contributed by atoms with Crippen molar-refractivity contribution in [2.24, 2.45) is 0 Å². The zero-order valence-electron chi connectivity index (χ0n) is 12.3. The van der Waals surface area contributed by atoms with Gasteiger partial charge in [0.05, 0.1) is 12.1 Å². The Morgan fingerprint density at radius 2 is 2.09 bits per heavy atom. The maximum atomic E-state index is 12.2. The number of aromatic amines is 2. The summed E-state index contributed by atoms with van der Waals surface area (Å²) in [5, 5.41) is 10.2. The van der Waals surface area contributed by atoms with E-state index in [9.17, 15) is 9.90 Å². The number of hydrogen-bond acceptors (Lipinski definition) is 4. The van der Waals surface area contributed by atoms with Crippen molar-refractivity contribution in [1.29, 1.82) is 0 Å². The van der Waals surface area contributed by atoms with E-state index >= 15 is 0 Å². The first-order valence-electron chi connectivity index (χ1n) is 6.86. The highest BCUT2D eigenvalue weighted by molar-refractivity contribution is 7.71. The van der Waals surface area contributed by atoms with E-state index in [0.29, 0.717) is 34.5 Å². The normalized spacial score (nSPS) is 10.7. The molecule has 2 rings (SSSR count). The summed E-state index contributed by atoms with van der Waals surface area (Å²) >= 11 is 11.2. The average Bonchev–Trinajstić information content (AvgIpc) is 2.47. The summed E-state index contributed by atoms with van der Waals surface area (Å²) in [5.74, 6) is 0.169. The summed E-state index contributed by atoms with van der Waals surface area (Å²) in [7, 11) is 1.45. The molecule has 0 saturated heterocycles. The first-order valence-corrected chi connectivity index (χ1v) is 7.65. The molecule has 0 radical (unpaired) electrons. The molecule has 2 aromatic rings. The Morgan fingerprint density at radius 3 is 2.73 bits per heavy atom. The first-order chi connectivity index (χ1) is 10.5. The monoisotopic (exact) mass is 340 g/mol. The van der Waals surface area contributed by atoms with Crippen LogP contribution in [0.25, 0.3) is 0 Å². The van der Waals surface area contributed by atoms with Gasteiger partial charge in [-0.3, -0.25) is 9.78 Å². The molecular formula is C15H17ClN2O3S. The van der Waals surface area contributed by atoms with Crippen molar-refractivity contribution in [3.63, 3.8) is 0 Å². The number of aromatic hydroxyl groups is 1. The number of benzene rings is 1. The molecule has 7 heteroatoms. The van der Waals surface area contributed by atoms with E-state index in [1.54, 1.807) is 12.1 Å². The summed E-state index contributed by atoms with van der Waals surface area (Å²) in [6, 6.07) is 3.35. The van der Waals surface area contributed by atoms with E-state index in [-0.39, 0.29) is 16.3 Å². The summed E-state index contributed by atoms with van der Waals surface area (Å²) in [6.07, 6.45) is 1.89. The van der Waals surface area contributed by atoms with Gasteiger partial charge in [0.1, 0.15) is 0 Å². The SMILES string of the molecule is CCCc1[nH]c(=S)[nH]c(=O)c1Cc1ccc(OC)c(O)c1Cl. The summed E-state index contributed by atoms with van der Waals surface area (Å²) in [6.45, 7) is 2.02. The zero-order valence-corrected chi connectivity index (χ0v) is 13.9. The lowest BCUT2D eigenvalue weighted by Crippen LogP contribution is -2.18. The van der Waals surface area contributed by atoms with Crippen LogP contribution in [-0.2, 0) is 12.8 Å². The second-order valence-electron chi connectivity index (χ2n) is 4.88. The van der Waals surface area contributed by atoms with Crippen molar-refractivity contribution in [1.82, 2.24) is 9.97 Å². The molecule has 0 bridgehead atoms. The van der Waals surface area contributed by atoms with Gasteiger partial charge in [0, 0.05) is 17.7 Å². The van der Waals surface area contributed by atoms with Gasteiger partial charge in [-0.05, 0) is 30.3 Å². The Bertz CT molecular complexity index is 798. The minimum atomic E-state index is -0.237. The second-order valence-corrected chi connectivity index (χ2v) is 5.67. The fourth-order valence-corrected chi connectivity index (χ4v) is 2.73. The van der Waals surface area contributed by atoms with E-state index in [4.69, 9.17) is 28.6 Å². The maximum absolute atomic E-state index is 12.2. The second kappa shape index (κ2) is 6.98. The Hall–Kier alpha value is -1.79. The third-order valence-electron chi connectivity index (χ3n) is 3.38. The van der Waals surface area contributed by atoms with Crippen molar-refractivity contribution in [2.75, 3.05) is 7.11 Å². The van der Waals surface area contributed by atoms with Gasteiger partial charge >= 0.3 is 0 Å². The van der Waals surface area contributed by atoms with Crippen LogP contribution in [0, 0.1) is 4.77 Å². The minimum absolute atomic E-state index is 0.126. The number of methoxy groups -OCH3 is 1. The zero-order chi connectivity index (χ0) is 16.3. The average molecular weight is 341 g/mol. The fourth-order valence-electron chi connectivity index (χ4n) is 2.29. The van der Waals surface area contributed by atoms with Gasteiger partial charge in [-0.25, -0.2) is 0 Å². The smallest absolute Gasteiger partial charge is 0.255 e. The van der Waals surface area contributed by atoms with Crippen LogP contribution in [0.3, 0.4) is 0 Å². The highest BCUT2D eigenvalue weighted by Gasteiger charge is 2.15. The highest BCUT2D eigenvalue weighted by atomic mass is 35.5. The molecule has 0 aliphatic carbocycles. The van der Waals surface area contributed by atoms with Crippen LogP contribution < -0.4 is 10.3 Å². The van der Waals surface area contributed by atoms with E-state index in [1.165, 1.54) is 7.11 Å². The van der Waals surface area contributed by atoms with Gasteiger partial charge in [-0.2, -0.15) is 0 Å². The molecule has 0 unspecified atom stereocenters. The summed E-state index contributed by atoms with van der Waals surface area (Å²) < 4.78 is 5.32. The number of ether oxygens (including phenoxy) is 1. The number of aromatic nitrogens is 2. The van der Waals surface area contributed by atoms with Crippen LogP contribution in [0.4, 0.5) is 0 Å². The van der Waals surface area contributed by atoms with E-state index < -0.39 is 0 Å². The van der Waals surface area contributed by atoms with E-state index in [0.717, 1.165) is 12.1 Å². The topological polar surface area (TPSA) is 78.1 Å². The van der Waals surface area contributed by atoms with Crippen LogP contribution in [0.5, 0.6) is 11.5 Å². The fraction of sp³-hybridized carbons (Fsp3) is 0.333. The van der Waals surface area contributed by atoms with Crippen molar-refractivity contribution in [2.45, 2.75) is 26.2 Å². The molecular weight excluding hydrogens is 324 g/mol. The van der Waals surface area contributed by atoms with Gasteiger partial charge in [0.2, 0.25) is 0 Å². The lowest BCUT2D eigenvalue weighted by Gasteiger charge is -2.12. The molecule has 1 aromatic heterocycles. The van der Waals surface area contributed by atoms with Gasteiger partial charge in [-0.1, -0.05) is 31.0 Å². The molecule has 0 amide bonds. The van der Waals surface area contributed by atoms with Crippen LogP contribution in [0.1, 0.15) is 30.2 Å². The molecule has 22 heavy (non-hydrogen) atoms. The molecule has 0 atom stereocenters. The molecule has 0 aliphatic rings. The third kappa shape index (κ3) is 3.34. The highest BCUT2D eigenvalue weighted by Crippen LogP contribution is 2.36. The number of hydrogen-bond donors (Lipinski definition) is 3. The van der Waals surface area contributed by atoms with Crippen LogP contribution >= 0.6 is 23.8 Å². The first kappa shape index (κ1) is 16.6. The molecule has 0 spiro atoms. The minimum Gasteiger partial charge on any atom is -0.503 e. The lowest BCUT2D eigenvalue weighted by atomic mass is 10.0. The molecule has 0 saturated carbocycles. The molecule has 0 aliphatic heterocycles. The number of nitrogens with one attached hydrogen (secondary N) is 2. The van der Waals surface area contributed by atoms with Crippen LogP contribution in [-0.4, -0.2) is 22.2 Å². The summed E-state index contributed by atoms with van der Waals surface area (Å²) in [4.78, 5) is 17.8. The number of phenolic OH excluding ortho intramolecular Hbond substituents is 1. The Kier molecular flexibility index (Phi) is 5.26. The standard InChI is InChI=1S/C15H17ClN2O3S/c1-3-4-10-9(14(20)18-15(22)17-10)7-8-5-6-11(21-2)13(19)12(8)16/h5-6,19H,3-4,7H2,1-2H3,(H2,17,18,20,22). The molecule has 118 valence electrons. The van der Waals surface area contributed by atoms with E-state index in [1.807, 2.05) is 6.92 Å². The number of phenols is 1. The third-order valence-corrected chi connectivity index (χ3v) is 4.00. The van der Waals surface area contributed by atoms with Crippen LogP contribution in [0.15, 0.2) is 16.9 Å². The van der Waals surface area contributed by atoms with Crippen molar-refractivity contribution in [3.05, 3.63) is 49.1 Å². The van der Waals surface area contributed by atoms with Crippen LogP contribution in [0.2, 0.25) is 5.02 Å². The Balaban J connectivity index is 2.50. The van der Waals surface area contributed by atoms with Gasteiger partial charge in [0.25, 0.3) is 5.56 Å². The Labute approximate surface area is 137 Å². The molecule has 1 aromatic carbocycles. The van der Waals surface area contributed by atoms with Crippen molar-refractivity contribution in [3.8, 4) is 11.5 Å². The molecule has 0 fully saturated rings. The summed E-state index contributed by atoms with van der Waals surface area (Å²) in [5.41, 5.74) is 1.77. The predicted octanol–water partition coefficient (Wildman–Crippen LogP) is 3.34. The quantitative estimate of drug-likeness (QED) is 0.729. The lowest BCUT2D eigenvalue weighted by molar-refractivity contribution is 0.373. The maximum Gasteiger partial charge on any atom is 0.255 e. The predicted molar refractivity (Wildman–Crippen MR) is 88.7 cm³/mol. The molecule has 5 nitrogen and oxygen atoms in total. The molecule has 1 heterocycles. The number of aryl methyl sites for hydroxylation is 1.